The summed E-state index contributed by atoms with van der Waals surface area (Å²) in [5.41, 5.74) is 4.55. The van der Waals surface area contributed by atoms with Gasteiger partial charge in [-0.05, 0) is 18.2 Å². The third-order valence-electron chi connectivity index (χ3n) is 4.23. The van der Waals surface area contributed by atoms with E-state index in [2.05, 4.69) is 53.1 Å². The van der Waals surface area contributed by atoms with Crippen molar-refractivity contribution in [3.05, 3.63) is 60.1 Å². The van der Waals surface area contributed by atoms with Crippen molar-refractivity contribution in [3.8, 4) is 28.4 Å². The van der Waals surface area contributed by atoms with E-state index in [1.807, 2.05) is 34.6 Å². The number of pyridine rings is 1. The molecular weight excluding hydrogens is 392 g/mol. The third-order valence-corrected chi connectivity index (χ3v) is 5.52. The van der Waals surface area contributed by atoms with Gasteiger partial charge in [0.1, 0.15) is 0 Å². The molecule has 0 spiro atoms. The number of hydrogen-bond acceptors (Lipinski definition) is 5. The maximum absolute atomic E-state index is 6.50. The summed E-state index contributed by atoms with van der Waals surface area (Å²) in [6.45, 7) is 4.38. The molecule has 0 N–H and O–H groups in total. The van der Waals surface area contributed by atoms with Crippen LogP contribution in [0.4, 0.5) is 0 Å². The van der Waals surface area contributed by atoms with Crippen molar-refractivity contribution in [2.75, 3.05) is 7.11 Å². The molecule has 4 rings (SSSR count). The van der Waals surface area contributed by atoms with E-state index in [0.29, 0.717) is 16.3 Å². The van der Waals surface area contributed by atoms with Crippen molar-refractivity contribution in [1.29, 1.82) is 0 Å². The fraction of sp³-hybridized carbons (Fsp3) is 0.190. The number of fused-ring (bicyclic) bond motifs is 1. The topological polar surface area (TPSA) is 52.3 Å². The van der Waals surface area contributed by atoms with E-state index in [1.165, 1.54) is 4.90 Å². The molecule has 7 heteroatoms. The van der Waals surface area contributed by atoms with Gasteiger partial charge in [0.15, 0.2) is 5.65 Å². The maximum Gasteiger partial charge on any atom is 0.316 e. The van der Waals surface area contributed by atoms with Crippen LogP contribution < -0.4 is 4.74 Å². The third kappa shape index (κ3) is 3.70. The standard InChI is InChI=1S/C21H19ClN4OS/c1-13(2)28-17-6-4-14(5-7-17)19-11-23-20-18(22)8-15(12-26(19)20)16-9-24-21(27-3)25-10-16/h4-13H,1-3H3. The van der Waals surface area contributed by atoms with E-state index < -0.39 is 0 Å². The minimum Gasteiger partial charge on any atom is -0.467 e. The molecule has 1 aromatic carbocycles. The normalized spacial score (nSPS) is 11.3. The van der Waals surface area contributed by atoms with Crippen molar-refractivity contribution in [2.45, 2.75) is 24.0 Å². The summed E-state index contributed by atoms with van der Waals surface area (Å²) in [5, 5.41) is 1.13. The Morgan fingerprint density at radius 3 is 2.32 bits per heavy atom. The molecule has 5 nitrogen and oxygen atoms in total. The van der Waals surface area contributed by atoms with Gasteiger partial charge in [-0.15, -0.1) is 11.8 Å². The first-order valence-electron chi connectivity index (χ1n) is 8.85. The van der Waals surface area contributed by atoms with Gasteiger partial charge in [-0.2, -0.15) is 0 Å². The zero-order valence-electron chi connectivity index (χ0n) is 15.8. The molecule has 0 bridgehead atoms. The van der Waals surface area contributed by atoms with Gasteiger partial charge in [0.2, 0.25) is 0 Å². The van der Waals surface area contributed by atoms with Gasteiger partial charge in [-0.3, -0.25) is 4.40 Å². The summed E-state index contributed by atoms with van der Waals surface area (Å²) < 4.78 is 7.04. The van der Waals surface area contributed by atoms with Gasteiger partial charge in [0.05, 0.1) is 24.0 Å². The number of imidazole rings is 1. The van der Waals surface area contributed by atoms with Crippen LogP contribution >= 0.6 is 23.4 Å². The number of methoxy groups -OCH3 is 1. The Hall–Kier alpha value is -2.57. The van der Waals surface area contributed by atoms with Crippen LogP contribution in [0.15, 0.2) is 60.0 Å². The molecule has 0 aliphatic carbocycles. The molecule has 0 radical (unpaired) electrons. The Kier molecular flexibility index (Phi) is 5.24. The van der Waals surface area contributed by atoms with Crippen LogP contribution in [-0.2, 0) is 0 Å². The van der Waals surface area contributed by atoms with Crippen molar-refractivity contribution < 1.29 is 4.74 Å². The summed E-state index contributed by atoms with van der Waals surface area (Å²) >= 11 is 8.35. The van der Waals surface area contributed by atoms with Crippen LogP contribution in [0.25, 0.3) is 28.0 Å². The number of nitrogens with zero attached hydrogens (tertiary/aromatic N) is 4. The predicted octanol–water partition coefficient (Wildman–Crippen LogP) is 5.62. The highest BCUT2D eigenvalue weighted by molar-refractivity contribution is 7.99. The molecule has 0 aliphatic heterocycles. The second-order valence-electron chi connectivity index (χ2n) is 6.56. The highest BCUT2D eigenvalue weighted by Crippen LogP contribution is 2.31. The van der Waals surface area contributed by atoms with Crippen LogP contribution in [0.5, 0.6) is 6.01 Å². The molecule has 0 saturated heterocycles. The SMILES string of the molecule is COc1ncc(-c2cc(Cl)c3ncc(-c4ccc(SC(C)C)cc4)n3c2)cn1. The largest absolute Gasteiger partial charge is 0.467 e. The lowest BCUT2D eigenvalue weighted by atomic mass is 10.1. The van der Waals surface area contributed by atoms with E-state index >= 15 is 0 Å². The number of rotatable bonds is 5. The Morgan fingerprint density at radius 2 is 1.68 bits per heavy atom. The van der Waals surface area contributed by atoms with Gasteiger partial charge < -0.3 is 4.74 Å². The molecule has 3 aromatic heterocycles. The lowest BCUT2D eigenvalue weighted by molar-refractivity contribution is 0.380. The summed E-state index contributed by atoms with van der Waals surface area (Å²) in [4.78, 5) is 14.1. The van der Waals surface area contributed by atoms with Crippen molar-refractivity contribution >= 4 is 29.0 Å². The van der Waals surface area contributed by atoms with E-state index in [0.717, 1.165) is 28.0 Å². The fourth-order valence-corrected chi connectivity index (χ4v) is 4.06. The van der Waals surface area contributed by atoms with Crippen LogP contribution in [0.3, 0.4) is 0 Å². The Morgan fingerprint density at radius 1 is 0.964 bits per heavy atom. The first kappa shape index (κ1) is 18.8. The molecule has 142 valence electrons. The first-order chi connectivity index (χ1) is 13.5. The minimum absolute atomic E-state index is 0.332. The lowest BCUT2D eigenvalue weighted by Gasteiger charge is -2.09. The number of hydrogen-bond donors (Lipinski definition) is 0. The number of thioether (sulfide) groups is 1. The molecule has 28 heavy (non-hydrogen) atoms. The monoisotopic (exact) mass is 410 g/mol. The average Bonchev–Trinajstić information content (AvgIpc) is 3.13. The fourth-order valence-electron chi connectivity index (χ4n) is 2.96. The van der Waals surface area contributed by atoms with Crippen LogP contribution in [0, 0.1) is 0 Å². The van der Waals surface area contributed by atoms with Crippen LogP contribution in [-0.4, -0.2) is 31.7 Å². The highest BCUT2D eigenvalue weighted by Gasteiger charge is 2.12. The lowest BCUT2D eigenvalue weighted by Crippen LogP contribution is -1.94. The summed E-state index contributed by atoms with van der Waals surface area (Å²) in [7, 11) is 1.54. The molecule has 3 heterocycles. The van der Waals surface area contributed by atoms with E-state index in [-0.39, 0.29) is 0 Å². The first-order valence-corrected chi connectivity index (χ1v) is 10.1. The number of halogens is 1. The zero-order valence-corrected chi connectivity index (χ0v) is 17.3. The molecule has 0 saturated carbocycles. The minimum atomic E-state index is 0.332. The molecular formula is C21H19ClN4OS. The molecule has 0 aliphatic rings. The van der Waals surface area contributed by atoms with Gasteiger partial charge in [-0.25, -0.2) is 15.0 Å². The van der Waals surface area contributed by atoms with Crippen molar-refractivity contribution in [1.82, 2.24) is 19.4 Å². The smallest absolute Gasteiger partial charge is 0.316 e. The number of aromatic nitrogens is 4. The average molecular weight is 411 g/mol. The molecule has 0 fully saturated rings. The molecule has 0 atom stereocenters. The predicted molar refractivity (Wildman–Crippen MR) is 114 cm³/mol. The molecule has 0 unspecified atom stereocenters. The van der Waals surface area contributed by atoms with Gasteiger partial charge in [0, 0.05) is 45.4 Å². The van der Waals surface area contributed by atoms with Crippen LogP contribution in [0.2, 0.25) is 5.02 Å². The number of ether oxygens (including phenoxy) is 1. The molecule has 4 aromatic rings. The molecule has 0 amide bonds. The van der Waals surface area contributed by atoms with Gasteiger partial charge in [0.25, 0.3) is 0 Å². The second kappa shape index (κ2) is 7.81. The Labute approximate surface area is 172 Å². The van der Waals surface area contributed by atoms with E-state index in [4.69, 9.17) is 16.3 Å². The maximum atomic E-state index is 6.50. The summed E-state index contributed by atoms with van der Waals surface area (Å²) in [6.07, 6.45) is 7.29. The summed E-state index contributed by atoms with van der Waals surface area (Å²) in [6, 6.07) is 10.7. The van der Waals surface area contributed by atoms with E-state index in [9.17, 15) is 0 Å². The van der Waals surface area contributed by atoms with Gasteiger partial charge in [-0.1, -0.05) is 37.6 Å². The van der Waals surface area contributed by atoms with Crippen LogP contribution in [0.1, 0.15) is 13.8 Å². The van der Waals surface area contributed by atoms with Crippen molar-refractivity contribution in [3.63, 3.8) is 0 Å². The summed E-state index contributed by atoms with van der Waals surface area (Å²) in [5.74, 6) is 0. The van der Waals surface area contributed by atoms with E-state index in [1.54, 1.807) is 19.5 Å². The van der Waals surface area contributed by atoms with Crippen molar-refractivity contribution in [2.24, 2.45) is 0 Å². The highest BCUT2D eigenvalue weighted by atomic mass is 35.5. The van der Waals surface area contributed by atoms with Gasteiger partial charge >= 0.3 is 6.01 Å². The zero-order chi connectivity index (χ0) is 19.7. The Bertz CT molecular complexity index is 1110. The quantitative estimate of drug-likeness (QED) is 0.399. The Balaban J connectivity index is 1.76. The second-order valence-corrected chi connectivity index (χ2v) is 8.62. The number of benzene rings is 1.